The minimum atomic E-state index is -0.317. The molecule has 0 radical (unpaired) electrons. The van der Waals surface area contributed by atoms with Gasteiger partial charge in [-0.15, -0.1) is 10.2 Å². The van der Waals surface area contributed by atoms with Crippen LogP contribution in [0.1, 0.15) is 63.2 Å². The molecule has 1 fully saturated rings. The highest BCUT2D eigenvalue weighted by molar-refractivity contribution is 5.99. The summed E-state index contributed by atoms with van der Waals surface area (Å²) < 4.78 is 7.41. The molecule has 0 aliphatic carbocycles. The third-order valence-corrected chi connectivity index (χ3v) is 8.39. The van der Waals surface area contributed by atoms with Crippen LogP contribution in [-0.2, 0) is 17.6 Å². The molecular weight excluding hydrogens is 504 g/mol. The minimum Gasteiger partial charge on any atom is -0.381 e. The van der Waals surface area contributed by atoms with Crippen molar-refractivity contribution in [1.29, 1.82) is 0 Å². The van der Waals surface area contributed by atoms with Gasteiger partial charge in [0.05, 0.1) is 17.1 Å². The molecule has 0 spiro atoms. The maximum Gasteiger partial charge on any atom is 0.294 e. The Hall–Kier alpha value is -4.37. The van der Waals surface area contributed by atoms with Crippen LogP contribution >= 0.6 is 0 Å². The summed E-state index contributed by atoms with van der Waals surface area (Å²) >= 11 is 0. The van der Waals surface area contributed by atoms with E-state index >= 15 is 0 Å². The third kappa shape index (κ3) is 4.17. The molecule has 202 valence electrons. The van der Waals surface area contributed by atoms with E-state index in [1.54, 1.807) is 12.4 Å². The number of aryl methyl sites for hydroxylation is 1. The van der Waals surface area contributed by atoms with Gasteiger partial charge in [0.1, 0.15) is 5.82 Å². The standard InChI is InChI=1S/C31H30N6O3/c1-19-16-27-25(33-30(38)29-35-34-28(37(27)29)22-9-14-40-15-10-22)18-24(19)31(39)36-13-8-21-4-2-3-5-23(21)26(36)17-20-6-11-32-12-7-20/h2-7,11-12,16,18,22,26H,8-10,13-15,17H2,1H3,(H,33,38). The fraction of sp³-hybridized carbons (Fsp3) is 0.323. The van der Waals surface area contributed by atoms with Crippen molar-refractivity contribution in [2.24, 2.45) is 0 Å². The predicted molar refractivity (Wildman–Crippen MR) is 151 cm³/mol. The van der Waals surface area contributed by atoms with Gasteiger partial charge < -0.3 is 14.6 Å². The van der Waals surface area contributed by atoms with E-state index < -0.39 is 0 Å². The summed E-state index contributed by atoms with van der Waals surface area (Å²) in [5.41, 5.74) is 6.38. The molecule has 9 nitrogen and oxygen atoms in total. The second-order valence-corrected chi connectivity index (χ2v) is 10.8. The number of carbonyl (C=O) groups excluding carboxylic acids is 1. The van der Waals surface area contributed by atoms with E-state index in [2.05, 4.69) is 38.4 Å². The lowest BCUT2D eigenvalue weighted by molar-refractivity contribution is 0.0659. The highest BCUT2D eigenvalue weighted by atomic mass is 16.5. The van der Waals surface area contributed by atoms with Gasteiger partial charge in [0, 0.05) is 43.6 Å². The van der Waals surface area contributed by atoms with Gasteiger partial charge >= 0.3 is 0 Å². The molecule has 2 aromatic carbocycles. The second kappa shape index (κ2) is 9.98. The van der Waals surface area contributed by atoms with Crippen LogP contribution in [0.3, 0.4) is 0 Å². The number of aromatic amines is 1. The van der Waals surface area contributed by atoms with Crippen molar-refractivity contribution in [2.75, 3.05) is 19.8 Å². The molecule has 3 aromatic heterocycles. The SMILES string of the molecule is Cc1cc2c(cc1C(=O)N1CCc3ccccc3C1Cc1ccncc1)[nH]c(=O)c1nnc(C3CCOCC3)n12. The number of pyridine rings is 1. The Balaban J connectivity index is 1.31. The first-order chi connectivity index (χ1) is 19.6. The van der Waals surface area contributed by atoms with Crippen LogP contribution in [0.25, 0.3) is 16.7 Å². The maximum absolute atomic E-state index is 14.3. The maximum atomic E-state index is 14.3. The van der Waals surface area contributed by atoms with Crippen molar-refractivity contribution in [2.45, 2.75) is 44.6 Å². The number of aromatic nitrogens is 5. The molecule has 0 saturated carbocycles. The monoisotopic (exact) mass is 534 g/mol. The van der Waals surface area contributed by atoms with Gasteiger partial charge in [-0.3, -0.25) is 19.0 Å². The van der Waals surface area contributed by atoms with Gasteiger partial charge in [-0.1, -0.05) is 24.3 Å². The molecule has 2 aliphatic rings. The number of benzene rings is 2. The van der Waals surface area contributed by atoms with Gasteiger partial charge in [0.25, 0.3) is 11.5 Å². The molecule has 9 heteroatoms. The molecular formula is C31H30N6O3. The van der Waals surface area contributed by atoms with E-state index in [0.29, 0.717) is 37.3 Å². The van der Waals surface area contributed by atoms with E-state index in [1.807, 2.05) is 46.6 Å². The fourth-order valence-corrected chi connectivity index (χ4v) is 6.30. The quantitative estimate of drug-likeness (QED) is 0.371. The molecule has 5 aromatic rings. The van der Waals surface area contributed by atoms with Crippen molar-refractivity contribution in [1.82, 2.24) is 29.5 Å². The van der Waals surface area contributed by atoms with Crippen molar-refractivity contribution in [3.63, 3.8) is 0 Å². The summed E-state index contributed by atoms with van der Waals surface area (Å²) in [6.45, 7) is 3.91. The molecule has 1 N–H and O–H groups in total. The van der Waals surface area contributed by atoms with E-state index in [9.17, 15) is 9.59 Å². The Morgan fingerprint density at radius 1 is 1.07 bits per heavy atom. The van der Waals surface area contributed by atoms with Gasteiger partial charge in [0.2, 0.25) is 5.65 Å². The number of H-pyrrole nitrogens is 1. The number of nitrogens with one attached hydrogen (secondary N) is 1. The Kier molecular flexibility index (Phi) is 6.15. The highest BCUT2D eigenvalue weighted by Crippen LogP contribution is 2.35. The van der Waals surface area contributed by atoms with Gasteiger partial charge in [-0.25, -0.2) is 0 Å². The number of ether oxygens (including phenoxy) is 1. The predicted octanol–water partition coefficient (Wildman–Crippen LogP) is 4.15. The number of amides is 1. The van der Waals surface area contributed by atoms with E-state index in [4.69, 9.17) is 4.74 Å². The molecule has 1 atom stereocenters. The number of fused-ring (bicyclic) bond motifs is 4. The molecule has 2 aliphatic heterocycles. The van der Waals surface area contributed by atoms with E-state index in [0.717, 1.165) is 41.7 Å². The Morgan fingerprint density at radius 2 is 1.88 bits per heavy atom. The van der Waals surface area contributed by atoms with Crippen LogP contribution in [0.2, 0.25) is 0 Å². The number of rotatable bonds is 4. The molecule has 1 saturated heterocycles. The lowest BCUT2D eigenvalue weighted by Crippen LogP contribution is -2.41. The van der Waals surface area contributed by atoms with Crippen molar-refractivity contribution in [3.05, 3.63) is 105 Å². The fourth-order valence-electron chi connectivity index (χ4n) is 6.30. The van der Waals surface area contributed by atoms with E-state index in [-0.39, 0.29) is 29.1 Å². The highest BCUT2D eigenvalue weighted by Gasteiger charge is 2.32. The average Bonchev–Trinajstić information content (AvgIpc) is 3.45. The van der Waals surface area contributed by atoms with Crippen LogP contribution in [-0.4, -0.2) is 55.1 Å². The van der Waals surface area contributed by atoms with Crippen molar-refractivity contribution in [3.8, 4) is 0 Å². The smallest absolute Gasteiger partial charge is 0.294 e. The second-order valence-electron chi connectivity index (χ2n) is 10.8. The van der Waals surface area contributed by atoms with Crippen molar-refractivity contribution >= 4 is 22.6 Å². The normalized spacial score (nSPS) is 17.8. The lowest BCUT2D eigenvalue weighted by Gasteiger charge is -2.38. The first kappa shape index (κ1) is 24.7. The lowest BCUT2D eigenvalue weighted by atomic mass is 9.88. The average molecular weight is 535 g/mol. The topological polar surface area (TPSA) is 105 Å². The van der Waals surface area contributed by atoms with Crippen LogP contribution < -0.4 is 5.56 Å². The summed E-state index contributed by atoms with van der Waals surface area (Å²) in [6.07, 6.45) is 6.75. The minimum absolute atomic E-state index is 0.0395. The van der Waals surface area contributed by atoms with Gasteiger partial charge in [0.15, 0.2) is 0 Å². The summed E-state index contributed by atoms with van der Waals surface area (Å²) in [6, 6.07) is 16.1. The van der Waals surface area contributed by atoms with Crippen LogP contribution in [0.15, 0.2) is 65.7 Å². The van der Waals surface area contributed by atoms with E-state index in [1.165, 1.54) is 11.1 Å². The number of carbonyl (C=O) groups is 1. The molecule has 5 heterocycles. The summed E-state index contributed by atoms with van der Waals surface area (Å²) in [5.74, 6) is 0.901. The Labute approximate surface area is 230 Å². The van der Waals surface area contributed by atoms with Gasteiger partial charge in [-0.2, -0.15) is 0 Å². The molecule has 1 amide bonds. The van der Waals surface area contributed by atoms with Crippen LogP contribution in [0.5, 0.6) is 0 Å². The number of nitrogens with zero attached hydrogens (tertiary/aromatic N) is 5. The third-order valence-electron chi connectivity index (χ3n) is 8.39. The first-order valence-electron chi connectivity index (χ1n) is 13.9. The zero-order valence-corrected chi connectivity index (χ0v) is 22.3. The molecule has 1 unspecified atom stereocenters. The van der Waals surface area contributed by atoms with Crippen molar-refractivity contribution < 1.29 is 9.53 Å². The summed E-state index contributed by atoms with van der Waals surface area (Å²) in [5, 5.41) is 8.64. The zero-order valence-electron chi connectivity index (χ0n) is 22.3. The largest absolute Gasteiger partial charge is 0.381 e. The molecule has 7 rings (SSSR count). The first-order valence-corrected chi connectivity index (χ1v) is 13.9. The molecule has 40 heavy (non-hydrogen) atoms. The van der Waals surface area contributed by atoms with Crippen LogP contribution in [0.4, 0.5) is 0 Å². The summed E-state index contributed by atoms with van der Waals surface area (Å²) in [7, 11) is 0. The Morgan fingerprint density at radius 3 is 2.70 bits per heavy atom. The number of hydrogen-bond acceptors (Lipinski definition) is 6. The molecule has 0 bridgehead atoms. The van der Waals surface area contributed by atoms with Crippen LogP contribution in [0, 0.1) is 6.92 Å². The van der Waals surface area contributed by atoms with Gasteiger partial charge in [-0.05, 0) is 79.1 Å². The zero-order chi connectivity index (χ0) is 27.2. The Bertz CT molecular complexity index is 1790. The summed E-state index contributed by atoms with van der Waals surface area (Å²) in [4.78, 5) is 36.4. The number of hydrogen-bond donors (Lipinski definition) is 1.